The van der Waals surface area contributed by atoms with Gasteiger partial charge < -0.3 is 29.7 Å². The van der Waals surface area contributed by atoms with Crippen LogP contribution in [0.4, 0.5) is 4.79 Å². The number of nitrogens with zero attached hydrogens (tertiary/aromatic N) is 2. The number of pyridine rings is 1. The Morgan fingerprint density at radius 1 is 1.06 bits per heavy atom. The van der Waals surface area contributed by atoms with Gasteiger partial charge in [0.2, 0.25) is 18.3 Å². The van der Waals surface area contributed by atoms with Gasteiger partial charge in [-0.2, -0.15) is 0 Å². The fraction of sp³-hybridized carbons (Fsp3) is 0.417. The first kappa shape index (κ1) is 25.6. The molecule has 2 amide bonds. The molecule has 0 saturated heterocycles. The summed E-state index contributed by atoms with van der Waals surface area (Å²) >= 11 is 0. The molecule has 0 bridgehead atoms. The zero-order valence-electron chi connectivity index (χ0n) is 19.1. The molecule has 176 valence electrons. The van der Waals surface area contributed by atoms with Crippen LogP contribution in [0.3, 0.4) is 0 Å². The van der Waals surface area contributed by atoms with E-state index in [2.05, 4.69) is 20.5 Å². The Kier molecular flexibility index (Phi) is 10.1. The lowest BCUT2D eigenvalue weighted by molar-refractivity contribution is -0.125. The Hall–Kier alpha value is -3.64. The van der Waals surface area contributed by atoms with Gasteiger partial charge >= 0.3 is 6.09 Å². The molecule has 2 atom stereocenters. The first-order chi connectivity index (χ1) is 15.8. The number of carbonyl (C=O) groups excluding carboxylic acids is 2. The third-order valence-corrected chi connectivity index (χ3v) is 4.13. The first-order valence-electron chi connectivity index (χ1n) is 10.6. The minimum Gasteiger partial charge on any atom is -0.475 e. The van der Waals surface area contributed by atoms with Crippen molar-refractivity contribution in [3.8, 4) is 5.88 Å². The third-order valence-electron chi connectivity index (χ3n) is 4.13. The van der Waals surface area contributed by atoms with Crippen molar-refractivity contribution in [3.05, 3.63) is 71.7 Å². The molecular formula is C24H30N4O5. The number of nitrogens with one attached hydrogen (secondary N) is 2. The van der Waals surface area contributed by atoms with Gasteiger partial charge in [0, 0.05) is 12.3 Å². The average molecular weight is 455 g/mol. The summed E-state index contributed by atoms with van der Waals surface area (Å²) in [5.41, 5.74) is 0.211. The largest absolute Gasteiger partial charge is 0.475 e. The highest BCUT2D eigenvalue weighted by atomic mass is 16.6. The van der Waals surface area contributed by atoms with Crippen molar-refractivity contribution in [1.82, 2.24) is 15.6 Å². The maximum absolute atomic E-state index is 12.9. The third kappa shape index (κ3) is 10.5. The molecule has 0 spiro atoms. The predicted molar refractivity (Wildman–Crippen MR) is 122 cm³/mol. The summed E-state index contributed by atoms with van der Waals surface area (Å²) in [7, 11) is 0. The molecule has 0 aliphatic heterocycles. The molecule has 1 heterocycles. The summed E-state index contributed by atoms with van der Waals surface area (Å²) in [5, 5.41) is 5.30. The van der Waals surface area contributed by atoms with Crippen LogP contribution in [0.15, 0.2) is 54.7 Å². The van der Waals surface area contributed by atoms with Crippen molar-refractivity contribution in [3.63, 3.8) is 0 Å². The highest BCUT2D eigenvalue weighted by molar-refractivity contribution is 5.86. The minimum absolute atomic E-state index is 0.00258. The molecule has 0 unspecified atom stereocenters. The van der Waals surface area contributed by atoms with Crippen LogP contribution < -0.4 is 15.4 Å². The lowest BCUT2D eigenvalue weighted by Crippen LogP contribution is -2.54. The number of rotatable bonds is 11. The number of amides is 2. The molecule has 9 nitrogen and oxygen atoms in total. The van der Waals surface area contributed by atoms with Gasteiger partial charge in [0.1, 0.15) is 24.3 Å². The lowest BCUT2D eigenvalue weighted by Gasteiger charge is -2.24. The second-order valence-corrected chi connectivity index (χ2v) is 8.22. The van der Waals surface area contributed by atoms with Crippen molar-refractivity contribution in [2.24, 2.45) is 0 Å². The topological polar surface area (TPSA) is 103 Å². The second-order valence-electron chi connectivity index (χ2n) is 8.22. The molecule has 1 aromatic heterocycles. The molecule has 0 saturated carbocycles. The zero-order valence-corrected chi connectivity index (χ0v) is 19.1. The molecule has 2 N–H and O–H groups in total. The maximum Gasteiger partial charge on any atom is 0.408 e. The molecular weight excluding hydrogens is 424 g/mol. The lowest BCUT2D eigenvalue weighted by atomic mass is 10.2. The number of hydrogen-bond acceptors (Lipinski definition) is 6. The minimum atomic E-state index is -1.02. The van der Waals surface area contributed by atoms with Gasteiger partial charge in [0.05, 0.1) is 13.2 Å². The van der Waals surface area contributed by atoms with Gasteiger partial charge in [-0.25, -0.2) is 16.4 Å². The SMILES string of the molecule is [C-]#[N+]C[C@H](COc1ccccn1)NC(=O)[C@@H](COCc1ccccc1)NC(=O)OC(C)(C)C. The normalized spacial score (nSPS) is 12.7. The predicted octanol–water partition coefficient (Wildman–Crippen LogP) is 2.97. The Labute approximate surface area is 194 Å². The van der Waals surface area contributed by atoms with Crippen LogP contribution in [0.1, 0.15) is 26.3 Å². The van der Waals surface area contributed by atoms with Crippen LogP contribution in [0, 0.1) is 6.57 Å². The van der Waals surface area contributed by atoms with E-state index in [9.17, 15) is 9.59 Å². The molecule has 33 heavy (non-hydrogen) atoms. The summed E-state index contributed by atoms with van der Waals surface area (Å²) < 4.78 is 16.5. The first-order valence-corrected chi connectivity index (χ1v) is 10.6. The van der Waals surface area contributed by atoms with E-state index < -0.39 is 29.7 Å². The Bertz CT molecular complexity index is 910. The van der Waals surface area contributed by atoms with Gasteiger partial charge in [-0.1, -0.05) is 36.4 Å². The van der Waals surface area contributed by atoms with Crippen LogP contribution in [-0.4, -0.2) is 54.4 Å². The van der Waals surface area contributed by atoms with E-state index >= 15 is 0 Å². The number of benzene rings is 1. The average Bonchev–Trinajstić information content (AvgIpc) is 2.77. The number of carbonyl (C=O) groups is 2. The molecule has 0 aliphatic carbocycles. The van der Waals surface area contributed by atoms with Crippen molar-refractivity contribution >= 4 is 12.0 Å². The maximum atomic E-state index is 12.9. The number of ether oxygens (including phenoxy) is 3. The van der Waals surface area contributed by atoms with Gasteiger partial charge in [-0.15, -0.1) is 0 Å². The van der Waals surface area contributed by atoms with Gasteiger partial charge in [0.25, 0.3) is 0 Å². The van der Waals surface area contributed by atoms with E-state index in [-0.39, 0.29) is 26.4 Å². The number of hydrogen-bond donors (Lipinski definition) is 2. The molecule has 0 fully saturated rings. The van der Waals surface area contributed by atoms with Crippen molar-refractivity contribution in [1.29, 1.82) is 0 Å². The molecule has 0 radical (unpaired) electrons. The molecule has 0 aliphatic rings. The Morgan fingerprint density at radius 2 is 1.79 bits per heavy atom. The van der Waals surface area contributed by atoms with E-state index in [0.29, 0.717) is 5.88 Å². The van der Waals surface area contributed by atoms with Crippen LogP contribution in [-0.2, 0) is 20.9 Å². The van der Waals surface area contributed by atoms with E-state index in [1.165, 1.54) is 0 Å². The Morgan fingerprint density at radius 3 is 2.42 bits per heavy atom. The molecule has 2 rings (SSSR count). The highest BCUT2D eigenvalue weighted by Crippen LogP contribution is 2.08. The smallest absolute Gasteiger partial charge is 0.408 e. The quantitative estimate of drug-likeness (QED) is 0.506. The van der Waals surface area contributed by atoms with Gasteiger partial charge in [-0.3, -0.25) is 4.79 Å². The van der Waals surface area contributed by atoms with Gasteiger partial charge in [-0.05, 0) is 32.4 Å². The summed E-state index contributed by atoms with van der Waals surface area (Å²) in [4.78, 5) is 32.7. The standard InChI is InChI=1S/C24H30N4O5/c1-24(2,3)33-23(30)28-20(17-31-15-18-10-6-5-7-11-18)22(29)27-19(14-25-4)16-32-21-12-8-9-13-26-21/h5-13,19-20H,14-17H2,1-3H3,(H,27,29)(H,28,30)/t19-,20-/m1/s1. The highest BCUT2D eigenvalue weighted by Gasteiger charge is 2.27. The fourth-order valence-electron chi connectivity index (χ4n) is 2.67. The monoisotopic (exact) mass is 454 g/mol. The summed E-state index contributed by atoms with van der Waals surface area (Å²) in [6.45, 7) is 12.6. The van der Waals surface area contributed by atoms with Crippen LogP contribution in [0.2, 0.25) is 0 Å². The summed E-state index contributed by atoms with van der Waals surface area (Å²) in [6, 6.07) is 13.1. The second kappa shape index (κ2) is 13.0. The van der Waals surface area contributed by atoms with Crippen LogP contribution >= 0.6 is 0 Å². The zero-order chi connectivity index (χ0) is 24.1. The van der Waals surface area contributed by atoms with E-state index in [1.54, 1.807) is 45.2 Å². The summed E-state index contributed by atoms with van der Waals surface area (Å²) in [5.74, 6) is -0.122. The molecule has 9 heteroatoms. The summed E-state index contributed by atoms with van der Waals surface area (Å²) in [6.07, 6.45) is 0.847. The van der Waals surface area contributed by atoms with Crippen molar-refractivity contribution in [2.75, 3.05) is 19.8 Å². The fourth-order valence-corrected chi connectivity index (χ4v) is 2.67. The van der Waals surface area contributed by atoms with E-state index in [1.807, 2.05) is 30.3 Å². The van der Waals surface area contributed by atoms with E-state index in [0.717, 1.165) is 5.56 Å². The van der Waals surface area contributed by atoms with Gasteiger partial charge in [0.15, 0.2) is 0 Å². The van der Waals surface area contributed by atoms with Crippen LogP contribution in [0.25, 0.3) is 4.85 Å². The number of alkyl carbamates (subject to hydrolysis) is 1. The number of aromatic nitrogens is 1. The van der Waals surface area contributed by atoms with Crippen molar-refractivity contribution in [2.45, 2.75) is 45.1 Å². The Balaban J connectivity index is 2.00. The van der Waals surface area contributed by atoms with E-state index in [4.69, 9.17) is 20.8 Å². The molecule has 1 aromatic carbocycles. The molecule has 2 aromatic rings. The van der Waals surface area contributed by atoms with Crippen LogP contribution in [0.5, 0.6) is 5.88 Å². The van der Waals surface area contributed by atoms with Crippen molar-refractivity contribution < 1.29 is 23.8 Å².